The van der Waals surface area contributed by atoms with Gasteiger partial charge < -0.3 is 5.32 Å². The molecule has 1 N–H and O–H groups in total. The minimum Gasteiger partial charge on any atom is -0.348 e. The number of nitrogens with one attached hydrogen (secondary N) is 1. The van der Waals surface area contributed by atoms with Crippen molar-refractivity contribution in [3.63, 3.8) is 0 Å². The number of nitrogens with zero attached hydrogens (tertiary/aromatic N) is 2. The summed E-state index contributed by atoms with van der Waals surface area (Å²) in [5.41, 5.74) is 1.41. The number of amides is 1. The van der Waals surface area contributed by atoms with E-state index in [1.165, 1.54) is 0 Å². The fraction of sp³-hybridized carbons (Fsp3) is 0.600. The van der Waals surface area contributed by atoms with Gasteiger partial charge in [0.15, 0.2) is 0 Å². The molecule has 1 aromatic rings. The van der Waals surface area contributed by atoms with Gasteiger partial charge in [-0.3, -0.25) is 9.48 Å². The summed E-state index contributed by atoms with van der Waals surface area (Å²) in [5.74, 6) is -0.0492. The molecular formula is C10H16BrN3O. The van der Waals surface area contributed by atoms with Gasteiger partial charge >= 0.3 is 0 Å². The van der Waals surface area contributed by atoms with E-state index in [0.29, 0.717) is 5.56 Å². The Labute approximate surface area is 98.2 Å². The fourth-order valence-corrected chi connectivity index (χ4v) is 1.96. The van der Waals surface area contributed by atoms with Crippen LogP contribution < -0.4 is 5.32 Å². The number of carbonyl (C=O) groups excluding carboxylic acids is 1. The lowest BCUT2D eigenvalue weighted by Crippen LogP contribution is -2.35. The maximum absolute atomic E-state index is 11.8. The van der Waals surface area contributed by atoms with Crippen LogP contribution in [0.25, 0.3) is 0 Å². The van der Waals surface area contributed by atoms with Gasteiger partial charge in [-0.15, -0.1) is 0 Å². The zero-order valence-electron chi connectivity index (χ0n) is 9.25. The summed E-state index contributed by atoms with van der Waals surface area (Å²) < 4.78 is 1.65. The first-order chi connectivity index (χ1) is 7.08. The van der Waals surface area contributed by atoms with Gasteiger partial charge in [0.2, 0.25) is 0 Å². The van der Waals surface area contributed by atoms with Crippen LogP contribution in [0.5, 0.6) is 0 Å². The number of hydrogen-bond acceptors (Lipinski definition) is 2. The smallest absolute Gasteiger partial charge is 0.254 e. The van der Waals surface area contributed by atoms with Crippen LogP contribution in [0.1, 0.15) is 29.4 Å². The lowest BCUT2D eigenvalue weighted by molar-refractivity contribution is 0.0939. The average Bonchev–Trinajstić information content (AvgIpc) is 2.54. The summed E-state index contributed by atoms with van der Waals surface area (Å²) in [6.45, 7) is 3.88. The second-order valence-corrected chi connectivity index (χ2v) is 4.18. The average molecular weight is 274 g/mol. The van der Waals surface area contributed by atoms with Gasteiger partial charge in [-0.2, -0.15) is 5.10 Å². The lowest BCUT2D eigenvalue weighted by Gasteiger charge is -2.13. The van der Waals surface area contributed by atoms with E-state index in [-0.39, 0.29) is 11.9 Å². The Morgan fingerprint density at radius 1 is 1.73 bits per heavy atom. The molecule has 1 heterocycles. The summed E-state index contributed by atoms with van der Waals surface area (Å²) in [7, 11) is 1.81. The third-order valence-corrected chi connectivity index (χ3v) is 3.05. The minimum atomic E-state index is -0.0492. The highest BCUT2D eigenvalue weighted by Gasteiger charge is 2.15. The van der Waals surface area contributed by atoms with Crippen LogP contribution in [-0.4, -0.2) is 27.1 Å². The Morgan fingerprint density at radius 2 is 2.40 bits per heavy atom. The first-order valence-corrected chi connectivity index (χ1v) is 6.07. The van der Waals surface area contributed by atoms with E-state index in [4.69, 9.17) is 0 Å². The molecule has 84 valence electrons. The molecule has 1 unspecified atom stereocenters. The molecule has 0 aliphatic rings. The highest BCUT2D eigenvalue weighted by atomic mass is 79.9. The molecule has 0 aromatic carbocycles. The molecular weight excluding hydrogens is 258 g/mol. The van der Waals surface area contributed by atoms with Crippen molar-refractivity contribution < 1.29 is 4.79 Å². The number of rotatable bonds is 4. The van der Waals surface area contributed by atoms with Gasteiger partial charge in [-0.1, -0.05) is 22.9 Å². The Morgan fingerprint density at radius 3 is 2.80 bits per heavy atom. The van der Waals surface area contributed by atoms with Crippen LogP contribution in [0.2, 0.25) is 0 Å². The lowest BCUT2D eigenvalue weighted by atomic mass is 10.2. The Hall–Kier alpha value is -0.840. The first-order valence-electron chi connectivity index (χ1n) is 4.95. The molecule has 5 heteroatoms. The Kier molecular flexibility index (Phi) is 4.32. The topological polar surface area (TPSA) is 46.9 Å². The Balaban J connectivity index is 2.72. The number of aryl methyl sites for hydroxylation is 2. The van der Waals surface area contributed by atoms with Gasteiger partial charge in [0, 0.05) is 24.6 Å². The van der Waals surface area contributed by atoms with Gasteiger partial charge in [-0.25, -0.2) is 0 Å². The zero-order chi connectivity index (χ0) is 11.4. The number of carbonyl (C=O) groups is 1. The summed E-state index contributed by atoms with van der Waals surface area (Å²) in [6.07, 6.45) is 2.65. The minimum absolute atomic E-state index is 0.0492. The predicted octanol–water partition coefficient (Wildman–Crippen LogP) is 1.63. The van der Waals surface area contributed by atoms with E-state index in [1.54, 1.807) is 10.9 Å². The zero-order valence-corrected chi connectivity index (χ0v) is 10.8. The summed E-state index contributed by atoms with van der Waals surface area (Å²) >= 11 is 3.37. The van der Waals surface area contributed by atoms with E-state index >= 15 is 0 Å². The largest absolute Gasteiger partial charge is 0.348 e. The standard InChI is InChI=1S/C10H16BrN3O/c1-4-8(5-11)12-10(15)9-6-14(3)13-7(9)2/h6,8H,4-5H2,1-3H3,(H,12,15). The molecule has 1 atom stereocenters. The molecule has 1 amide bonds. The molecule has 1 aromatic heterocycles. The highest BCUT2D eigenvalue weighted by molar-refractivity contribution is 9.09. The number of halogens is 1. The SMILES string of the molecule is CCC(CBr)NC(=O)c1cn(C)nc1C. The van der Waals surface area contributed by atoms with Crippen LogP contribution in [-0.2, 0) is 7.05 Å². The van der Waals surface area contributed by atoms with E-state index in [0.717, 1.165) is 17.4 Å². The van der Waals surface area contributed by atoms with Crippen LogP contribution >= 0.6 is 15.9 Å². The van der Waals surface area contributed by atoms with Gasteiger partial charge in [0.25, 0.3) is 5.91 Å². The molecule has 0 bridgehead atoms. The Bertz CT molecular complexity index is 344. The van der Waals surface area contributed by atoms with Crippen molar-refractivity contribution in [2.75, 3.05) is 5.33 Å². The van der Waals surface area contributed by atoms with Crippen molar-refractivity contribution in [2.24, 2.45) is 7.05 Å². The molecule has 0 spiro atoms. The number of alkyl halides is 1. The van der Waals surface area contributed by atoms with E-state index < -0.39 is 0 Å². The summed E-state index contributed by atoms with van der Waals surface area (Å²) in [6, 6.07) is 0.178. The van der Waals surface area contributed by atoms with E-state index in [1.807, 2.05) is 20.9 Å². The van der Waals surface area contributed by atoms with Crippen molar-refractivity contribution in [2.45, 2.75) is 26.3 Å². The molecule has 15 heavy (non-hydrogen) atoms. The normalized spacial score (nSPS) is 12.5. The van der Waals surface area contributed by atoms with Gasteiger partial charge in [-0.05, 0) is 13.3 Å². The fourth-order valence-electron chi connectivity index (χ4n) is 1.34. The quantitative estimate of drug-likeness (QED) is 0.848. The van der Waals surface area contributed by atoms with Crippen molar-refractivity contribution >= 4 is 21.8 Å². The van der Waals surface area contributed by atoms with E-state index in [9.17, 15) is 4.79 Å². The second kappa shape index (κ2) is 5.30. The maximum atomic E-state index is 11.8. The third kappa shape index (κ3) is 3.06. The molecule has 0 saturated carbocycles. The summed E-state index contributed by atoms with van der Waals surface area (Å²) in [5, 5.41) is 7.86. The predicted molar refractivity (Wildman–Crippen MR) is 63.3 cm³/mol. The van der Waals surface area contributed by atoms with Crippen LogP contribution in [0.15, 0.2) is 6.20 Å². The third-order valence-electron chi connectivity index (χ3n) is 2.27. The molecule has 0 aliphatic carbocycles. The van der Waals surface area contributed by atoms with Crippen molar-refractivity contribution in [3.05, 3.63) is 17.5 Å². The van der Waals surface area contributed by atoms with Crippen molar-refractivity contribution in [1.29, 1.82) is 0 Å². The number of hydrogen-bond donors (Lipinski definition) is 1. The monoisotopic (exact) mass is 273 g/mol. The molecule has 0 fully saturated rings. The highest BCUT2D eigenvalue weighted by Crippen LogP contribution is 2.06. The maximum Gasteiger partial charge on any atom is 0.254 e. The van der Waals surface area contributed by atoms with Crippen LogP contribution in [0.3, 0.4) is 0 Å². The van der Waals surface area contributed by atoms with Crippen molar-refractivity contribution in [3.8, 4) is 0 Å². The van der Waals surface area contributed by atoms with Crippen LogP contribution in [0, 0.1) is 6.92 Å². The van der Waals surface area contributed by atoms with Crippen molar-refractivity contribution in [1.82, 2.24) is 15.1 Å². The molecule has 1 rings (SSSR count). The summed E-state index contributed by atoms with van der Waals surface area (Å²) in [4.78, 5) is 11.8. The molecule has 0 saturated heterocycles. The van der Waals surface area contributed by atoms with Gasteiger partial charge in [0.05, 0.1) is 11.3 Å². The van der Waals surface area contributed by atoms with Crippen LogP contribution in [0.4, 0.5) is 0 Å². The molecule has 0 aliphatic heterocycles. The molecule has 0 radical (unpaired) electrons. The second-order valence-electron chi connectivity index (χ2n) is 3.53. The number of aromatic nitrogens is 2. The van der Waals surface area contributed by atoms with E-state index in [2.05, 4.69) is 26.3 Å². The first kappa shape index (κ1) is 12.2. The molecule has 4 nitrogen and oxygen atoms in total. The van der Waals surface area contributed by atoms with Gasteiger partial charge in [0.1, 0.15) is 0 Å².